The van der Waals surface area contributed by atoms with E-state index in [0.29, 0.717) is 6.29 Å². The van der Waals surface area contributed by atoms with Gasteiger partial charge >= 0.3 is 12.1 Å². The van der Waals surface area contributed by atoms with E-state index in [4.69, 9.17) is 14.5 Å². The highest BCUT2D eigenvalue weighted by Crippen LogP contribution is 2.42. The predicted octanol–water partition coefficient (Wildman–Crippen LogP) is 4.15. The lowest BCUT2D eigenvalue weighted by atomic mass is 9.66. The highest BCUT2D eigenvalue weighted by atomic mass is 17.2. The van der Waals surface area contributed by atoms with Gasteiger partial charge in [-0.15, -0.1) is 0 Å². The number of carbonyl (C=O) groups is 3. The van der Waals surface area contributed by atoms with Gasteiger partial charge in [0.1, 0.15) is 18.5 Å². The van der Waals surface area contributed by atoms with E-state index in [1.54, 1.807) is 48.5 Å². The highest BCUT2D eigenvalue weighted by molar-refractivity contribution is 5.90. The van der Waals surface area contributed by atoms with Crippen molar-refractivity contribution in [3.05, 3.63) is 35.9 Å². The monoisotopic (exact) mass is 407 g/mol. The number of hydrogen-bond donors (Lipinski definition) is 0. The maximum Gasteiger partial charge on any atom is 0.411 e. The van der Waals surface area contributed by atoms with Crippen molar-refractivity contribution in [3.8, 4) is 0 Å². The van der Waals surface area contributed by atoms with Crippen molar-refractivity contribution in [2.24, 2.45) is 11.3 Å². The molecule has 1 aromatic rings. The molecule has 162 valence electrons. The summed E-state index contributed by atoms with van der Waals surface area (Å²) in [7, 11) is 1.43. The lowest BCUT2D eigenvalue weighted by Crippen LogP contribution is -2.67. The molecule has 0 aromatic heterocycles. The zero-order chi connectivity index (χ0) is 22.5. The number of aldehydes is 1. The van der Waals surface area contributed by atoms with Crippen LogP contribution in [0.1, 0.15) is 54.0 Å². The topological polar surface area (TPSA) is 82.1 Å². The van der Waals surface area contributed by atoms with Crippen LogP contribution < -0.4 is 0 Å². The standard InChI is InChI=1S/C22H33NO6/c1-16(14-24)22(20(2,3)4,23(8)19(26)28-21(5,6)7)18(25)29-27-15-17-12-10-9-11-13-17/h9-14,16H,15H2,1-8H3/t16?,22-/m1/s1. The Morgan fingerprint density at radius 3 is 2.07 bits per heavy atom. The fourth-order valence-corrected chi connectivity index (χ4v) is 3.48. The van der Waals surface area contributed by atoms with E-state index >= 15 is 0 Å². The van der Waals surface area contributed by atoms with Gasteiger partial charge in [0.25, 0.3) is 0 Å². The van der Waals surface area contributed by atoms with Crippen LogP contribution in [-0.4, -0.2) is 41.4 Å². The molecule has 0 spiro atoms. The molecule has 1 unspecified atom stereocenters. The van der Waals surface area contributed by atoms with Gasteiger partial charge < -0.3 is 9.53 Å². The van der Waals surface area contributed by atoms with Crippen molar-refractivity contribution >= 4 is 18.3 Å². The van der Waals surface area contributed by atoms with Gasteiger partial charge in [0.15, 0.2) is 5.54 Å². The van der Waals surface area contributed by atoms with Crippen molar-refractivity contribution < 1.29 is 28.9 Å². The van der Waals surface area contributed by atoms with E-state index in [2.05, 4.69) is 0 Å². The first-order chi connectivity index (χ1) is 13.3. The summed E-state index contributed by atoms with van der Waals surface area (Å²) in [6.07, 6.45) is -0.106. The summed E-state index contributed by atoms with van der Waals surface area (Å²) in [5.74, 6) is -1.72. The Kier molecular flexibility index (Phi) is 7.98. The van der Waals surface area contributed by atoms with Crippen molar-refractivity contribution in [1.29, 1.82) is 0 Å². The van der Waals surface area contributed by atoms with Gasteiger partial charge in [-0.1, -0.05) is 58.0 Å². The minimum atomic E-state index is -1.65. The van der Waals surface area contributed by atoms with Crippen molar-refractivity contribution in [3.63, 3.8) is 0 Å². The first kappa shape index (κ1) is 24.6. The third kappa shape index (κ3) is 5.79. The Bertz CT molecular complexity index is 704. The Morgan fingerprint density at radius 1 is 1.07 bits per heavy atom. The molecular formula is C22H33NO6. The molecule has 0 aliphatic heterocycles. The van der Waals surface area contributed by atoms with E-state index < -0.39 is 34.5 Å². The number of hydrogen-bond acceptors (Lipinski definition) is 6. The zero-order valence-corrected chi connectivity index (χ0v) is 18.6. The number of likely N-dealkylation sites (N-methyl/N-ethyl adjacent to an activating group) is 1. The Hall–Kier alpha value is -2.41. The predicted molar refractivity (Wildman–Crippen MR) is 109 cm³/mol. The molecule has 0 heterocycles. The second-order valence-electron chi connectivity index (χ2n) is 9.10. The minimum absolute atomic E-state index is 0.0401. The molecule has 29 heavy (non-hydrogen) atoms. The van der Waals surface area contributed by atoms with Gasteiger partial charge in [-0.2, -0.15) is 4.89 Å². The average Bonchev–Trinajstić information content (AvgIpc) is 2.60. The molecule has 7 heteroatoms. The first-order valence-corrected chi connectivity index (χ1v) is 9.57. The number of rotatable bonds is 7. The average molecular weight is 408 g/mol. The van der Waals surface area contributed by atoms with Crippen molar-refractivity contribution in [2.45, 2.75) is 66.2 Å². The molecule has 1 amide bonds. The summed E-state index contributed by atoms with van der Waals surface area (Å²) in [5.41, 5.74) is -2.47. The molecule has 0 aliphatic carbocycles. The van der Waals surface area contributed by atoms with Crippen molar-refractivity contribution in [2.75, 3.05) is 7.05 Å². The maximum atomic E-state index is 13.3. The fraction of sp³-hybridized carbons (Fsp3) is 0.591. The smallest absolute Gasteiger partial charge is 0.411 e. The molecule has 7 nitrogen and oxygen atoms in total. The van der Waals surface area contributed by atoms with Crippen LogP contribution in [0.25, 0.3) is 0 Å². The Labute approximate surface area is 173 Å². The normalized spacial score (nSPS) is 15.0. The quantitative estimate of drug-likeness (QED) is 0.384. The van der Waals surface area contributed by atoms with Gasteiger partial charge in [-0.3, -0.25) is 9.79 Å². The molecule has 2 atom stereocenters. The van der Waals surface area contributed by atoms with Crippen LogP contribution in [0.2, 0.25) is 0 Å². The molecular weight excluding hydrogens is 374 g/mol. The summed E-state index contributed by atoms with van der Waals surface area (Å²) in [6, 6.07) is 9.19. The first-order valence-electron chi connectivity index (χ1n) is 9.57. The van der Waals surface area contributed by atoms with E-state index in [9.17, 15) is 14.4 Å². The van der Waals surface area contributed by atoms with Gasteiger partial charge in [-0.25, -0.2) is 9.59 Å². The largest absolute Gasteiger partial charge is 0.444 e. The van der Waals surface area contributed by atoms with Crippen LogP contribution in [-0.2, 0) is 30.7 Å². The Morgan fingerprint density at radius 2 is 1.62 bits per heavy atom. The minimum Gasteiger partial charge on any atom is -0.444 e. The van der Waals surface area contributed by atoms with E-state index in [0.717, 1.165) is 10.5 Å². The van der Waals surface area contributed by atoms with E-state index in [1.807, 2.05) is 30.3 Å². The third-order valence-electron chi connectivity index (χ3n) is 4.72. The second kappa shape index (κ2) is 9.39. The molecule has 0 bridgehead atoms. The molecule has 0 N–H and O–H groups in total. The summed E-state index contributed by atoms with van der Waals surface area (Å²) < 4.78 is 5.44. The van der Waals surface area contributed by atoms with Gasteiger partial charge in [0.2, 0.25) is 0 Å². The Balaban J connectivity index is 3.22. The highest BCUT2D eigenvalue weighted by Gasteiger charge is 2.59. The van der Waals surface area contributed by atoms with E-state index in [1.165, 1.54) is 7.05 Å². The molecule has 0 fully saturated rings. The third-order valence-corrected chi connectivity index (χ3v) is 4.72. The molecule has 1 aromatic carbocycles. The zero-order valence-electron chi connectivity index (χ0n) is 18.6. The number of ether oxygens (including phenoxy) is 1. The summed E-state index contributed by atoms with van der Waals surface area (Å²) in [4.78, 5) is 49.3. The van der Waals surface area contributed by atoms with Crippen LogP contribution in [0, 0.1) is 11.3 Å². The second-order valence-corrected chi connectivity index (χ2v) is 9.10. The maximum absolute atomic E-state index is 13.3. The van der Waals surface area contributed by atoms with E-state index in [-0.39, 0.29) is 6.61 Å². The van der Waals surface area contributed by atoms with Crippen LogP contribution in [0.15, 0.2) is 30.3 Å². The van der Waals surface area contributed by atoms with Crippen LogP contribution >= 0.6 is 0 Å². The van der Waals surface area contributed by atoms with Gasteiger partial charge in [0.05, 0.1) is 0 Å². The summed E-state index contributed by atoms with van der Waals surface area (Å²) in [6.45, 7) is 12.0. The van der Waals surface area contributed by atoms with Crippen LogP contribution in [0.5, 0.6) is 0 Å². The van der Waals surface area contributed by atoms with Crippen molar-refractivity contribution in [1.82, 2.24) is 4.90 Å². The lowest BCUT2D eigenvalue weighted by molar-refractivity contribution is -0.293. The number of amides is 1. The van der Waals surface area contributed by atoms with Gasteiger partial charge in [-0.05, 0) is 31.7 Å². The molecule has 1 rings (SSSR count). The molecule has 0 aliphatic rings. The number of nitrogens with zero attached hydrogens (tertiary/aromatic N) is 1. The van der Waals surface area contributed by atoms with Gasteiger partial charge in [0, 0.05) is 13.0 Å². The summed E-state index contributed by atoms with van der Waals surface area (Å²) >= 11 is 0. The molecule has 0 radical (unpaired) electrons. The molecule has 0 saturated heterocycles. The van der Waals surface area contributed by atoms with Crippen LogP contribution in [0.3, 0.4) is 0 Å². The van der Waals surface area contributed by atoms with Crippen LogP contribution in [0.4, 0.5) is 4.79 Å². The SMILES string of the molecule is CC(C=O)[C@](C(=O)OOCc1ccccc1)(N(C)C(=O)OC(C)(C)C)C(C)(C)C. The lowest BCUT2D eigenvalue weighted by Gasteiger charge is -2.49. The molecule has 0 saturated carbocycles. The fourth-order valence-electron chi connectivity index (χ4n) is 3.48. The number of carbonyl (C=O) groups excluding carboxylic acids is 3. The summed E-state index contributed by atoms with van der Waals surface area (Å²) in [5, 5.41) is 0. The number of benzene rings is 1.